The van der Waals surface area contributed by atoms with Gasteiger partial charge in [-0.05, 0) is 19.3 Å². The first-order valence-electron chi connectivity index (χ1n) is 8.22. The summed E-state index contributed by atoms with van der Waals surface area (Å²) < 4.78 is 23.2. The van der Waals surface area contributed by atoms with Crippen LogP contribution in [-0.2, 0) is 22.8 Å². The van der Waals surface area contributed by atoms with Crippen molar-refractivity contribution in [2.75, 3.05) is 31.1 Å². The lowest BCUT2D eigenvalue weighted by atomic mass is 10.1. The monoisotopic (exact) mass is 496 g/mol. The minimum Gasteiger partial charge on any atom is -0.356 e. The number of guanidine groups is 1. The molecular weight excluding hydrogens is 471 g/mol. The maximum atomic E-state index is 11.6. The fraction of sp³-hybridized carbons (Fsp3) is 0.625. The van der Waals surface area contributed by atoms with E-state index in [4.69, 9.17) is 0 Å². The van der Waals surface area contributed by atoms with Gasteiger partial charge in [-0.25, -0.2) is 18.4 Å². The number of hydrogen-bond acceptors (Lipinski definition) is 5. The van der Waals surface area contributed by atoms with Crippen LogP contribution in [-0.4, -0.2) is 55.4 Å². The fourth-order valence-electron chi connectivity index (χ4n) is 3.05. The van der Waals surface area contributed by atoms with Gasteiger partial charge in [-0.15, -0.1) is 35.3 Å². The summed E-state index contributed by atoms with van der Waals surface area (Å²) in [5, 5.41) is 3.40. The number of sulfone groups is 1. The maximum absolute atomic E-state index is 11.6. The third kappa shape index (κ3) is 5.65. The Morgan fingerprint density at radius 3 is 3.04 bits per heavy atom. The molecule has 0 aliphatic carbocycles. The van der Waals surface area contributed by atoms with Crippen LogP contribution in [0.25, 0.3) is 0 Å². The molecule has 25 heavy (non-hydrogen) atoms. The average molecular weight is 496 g/mol. The Morgan fingerprint density at radius 1 is 1.56 bits per heavy atom. The first-order valence-corrected chi connectivity index (χ1v) is 10.9. The van der Waals surface area contributed by atoms with Crippen molar-refractivity contribution >= 4 is 51.1 Å². The van der Waals surface area contributed by atoms with E-state index in [2.05, 4.69) is 26.8 Å². The van der Waals surface area contributed by atoms with Gasteiger partial charge >= 0.3 is 0 Å². The topological polar surface area (TPSA) is 74.7 Å². The quantitative estimate of drug-likeness (QED) is 0.299. The van der Waals surface area contributed by atoms with E-state index in [1.165, 1.54) is 10.6 Å². The molecule has 1 saturated heterocycles. The molecular formula is C16H25IN4O2S2. The van der Waals surface area contributed by atoms with Gasteiger partial charge in [0, 0.05) is 24.4 Å². The van der Waals surface area contributed by atoms with Crippen LogP contribution in [0.5, 0.6) is 0 Å². The molecule has 2 aliphatic rings. The molecule has 6 nitrogen and oxygen atoms in total. The highest BCUT2D eigenvalue weighted by Crippen LogP contribution is 2.22. The summed E-state index contributed by atoms with van der Waals surface area (Å²) in [6.07, 6.45) is 1.66. The van der Waals surface area contributed by atoms with Crippen LogP contribution < -0.4 is 5.32 Å². The van der Waals surface area contributed by atoms with Crippen LogP contribution in [0.15, 0.2) is 22.7 Å². The van der Waals surface area contributed by atoms with E-state index in [1.54, 1.807) is 11.3 Å². The van der Waals surface area contributed by atoms with Crippen LogP contribution in [0.1, 0.15) is 23.9 Å². The number of aromatic nitrogens is 1. The minimum atomic E-state index is -2.84. The largest absolute Gasteiger partial charge is 0.356 e. The molecule has 0 bridgehead atoms. The molecule has 1 aromatic heterocycles. The average Bonchev–Trinajstić information content (AvgIpc) is 3.12. The Morgan fingerprint density at radius 2 is 2.36 bits per heavy atom. The Bertz CT molecular complexity index is 745. The summed E-state index contributed by atoms with van der Waals surface area (Å²) in [5.74, 6) is 1.62. The molecule has 140 valence electrons. The van der Waals surface area contributed by atoms with Crippen LogP contribution in [0.4, 0.5) is 0 Å². The highest BCUT2D eigenvalue weighted by molar-refractivity contribution is 14.0. The molecule has 0 saturated carbocycles. The predicted octanol–water partition coefficient (Wildman–Crippen LogP) is 2.08. The minimum absolute atomic E-state index is 0. The zero-order valence-corrected chi connectivity index (χ0v) is 18.4. The number of nitrogens with zero attached hydrogens (tertiary/aromatic N) is 3. The van der Waals surface area contributed by atoms with Crippen LogP contribution in [0.3, 0.4) is 0 Å². The third-order valence-electron chi connectivity index (χ3n) is 4.35. The second-order valence-electron chi connectivity index (χ2n) is 6.64. The standard InChI is InChI=1S/C16H24N4O2S2.HI/c1-12(2)7-17-16(18-8-13-4-6-24(21,22)10-13)20-5-3-14-15(9-20)23-11-19-14;/h11,13H,1,3-10H2,2H3,(H,17,18);1H. The van der Waals surface area contributed by atoms with Gasteiger partial charge in [0.15, 0.2) is 15.8 Å². The van der Waals surface area contributed by atoms with Crippen molar-refractivity contribution < 1.29 is 8.42 Å². The molecule has 3 heterocycles. The van der Waals surface area contributed by atoms with Crippen LogP contribution in [0, 0.1) is 5.92 Å². The molecule has 0 spiro atoms. The van der Waals surface area contributed by atoms with E-state index >= 15 is 0 Å². The van der Waals surface area contributed by atoms with Crippen molar-refractivity contribution in [2.45, 2.75) is 26.3 Å². The molecule has 1 atom stereocenters. The van der Waals surface area contributed by atoms with E-state index in [0.717, 1.165) is 37.5 Å². The number of rotatable bonds is 4. The zero-order chi connectivity index (χ0) is 17.2. The predicted molar refractivity (Wildman–Crippen MR) is 114 cm³/mol. The van der Waals surface area contributed by atoms with Crippen molar-refractivity contribution in [3.63, 3.8) is 0 Å². The second-order valence-corrected chi connectivity index (χ2v) is 9.81. The van der Waals surface area contributed by atoms with Crippen molar-refractivity contribution in [1.29, 1.82) is 0 Å². The lowest BCUT2D eigenvalue weighted by molar-refractivity contribution is 0.376. The SMILES string of the molecule is C=C(C)CN=C(NCC1CCS(=O)(=O)C1)N1CCc2ncsc2C1.I. The van der Waals surface area contributed by atoms with Gasteiger partial charge in [-0.3, -0.25) is 0 Å². The molecule has 0 aromatic carbocycles. The first-order chi connectivity index (χ1) is 11.4. The van der Waals surface area contributed by atoms with Gasteiger partial charge in [0.2, 0.25) is 0 Å². The van der Waals surface area contributed by atoms with Gasteiger partial charge in [0.1, 0.15) is 0 Å². The third-order valence-corrected chi connectivity index (χ3v) is 7.05. The molecule has 1 N–H and O–H groups in total. The second kappa shape index (κ2) is 8.81. The van der Waals surface area contributed by atoms with E-state index in [1.807, 2.05) is 12.4 Å². The van der Waals surface area contributed by atoms with E-state index in [0.29, 0.717) is 18.8 Å². The summed E-state index contributed by atoms with van der Waals surface area (Å²) in [6.45, 7) is 8.80. The van der Waals surface area contributed by atoms with Crippen LogP contribution >= 0.6 is 35.3 Å². The lowest BCUT2D eigenvalue weighted by Crippen LogP contribution is -2.45. The molecule has 1 fully saturated rings. The van der Waals surface area contributed by atoms with Gasteiger partial charge in [0.25, 0.3) is 0 Å². The molecule has 0 amide bonds. The molecule has 2 aliphatic heterocycles. The summed E-state index contributed by atoms with van der Waals surface area (Å²) in [7, 11) is -2.84. The highest BCUT2D eigenvalue weighted by Gasteiger charge is 2.28. The molecule has 0 radical (unpaired) electrons. The fourth-order valence-corrected chi connectivity index (χ4v) is 5.74. The number of aliphatic imine (C=N–C) groups is 1. The summed E-state index contributed by atoms with van der Waals surface area (Å²) in [4.78, 5) is 12.6. The number of fused-ring (bicyclic) bond motifs is 1. The van der Waals surface area contributed by atoms with Gasteiger partial charge in [0.05, 0.1) is 35.8 Å². The Hall–Kier alpha value is -0.680. The Kier molecular flexibility index (Phi) is 7.27. The molecule has 1 unspecified atom stereocenters. The van der Waals surface area contributed by atoms with Crippen molar-refractivity contribution in [3.8, 4) is 0 Å². The Labute approximate surface area is 170 Å². The number of hydrogen-bond donors (Lipinski definition) is 1. The maximum Gasteiger partial charge on any atom is 0.194 e. The van der Waals surface area contributed by atoms with Gasteiger partial charge in [-0.2, -0.15) is 0 Å². The van der Waals surface area contributed by atoms with Crippen LogP contribution in [0.2, 0.25) is 0 Å². The number of halogens is 1. The molecule has 3 rings (SSSR count). The number of nitrogens with one attached hydrogen (secondary N) is 1. The van der Waals surface area contributed by atoms with E-state index < -0.39 is 9.84 Å². The van der Waals surface area contributed by atoms with Gasteiger partial charge in [-0.1, -0.05) is 12.2 Å². The molecule has 1 aromatic rings. The summed E-state index contributed by atoms with van der Waals surface area (Å²) in [5.41, 5.74) is 4.10. The van der Waals surface area contributed by atoms with Crippen molar-refractivity contribution in [2.24, 2.45) is 10.9 Å². The van der Waals surface area contributed by atoms with Crippen molar-refractivity contribution in [3.05, 3.63) is 28.2 Å². The highest BCUT2D eigenvalue weighted by atomic mass is 127. The summed E-state index contributed by atoms with van der Waals surface area (Å²) >= 11 is 1.68. The Balaban J connectivity index is 0.00000225. The van der Waals surface area contributed by atoms with Gasteiger partial charge < -0.3 is 10.2 Å². The smallest absolute Gasteiger partial charge is 0.194 e. The zero-order valence-electron chi connectivity index (χ0n) is 14.4. The molecule has 9 heteroatoms. The van der Waals surface area contributed by atoms with Crippen molar-refractivity contribution in [1.82, 2.24) is 15.2 Å². The van der Waals surface area contributed by atoms with E-state index in [-0.39, 0.29) is 35.6 Å². The summed E-state index contributed by atoms with van der Waals surface area (Å²) in [6, 6.07) is 0. The normalized spacial score (nSPS) is 22.2. The van der Waals surface area contributed by atoms with E-state index in [9.17, 15) is 8.42 Å². The number of thiazole rings is 1. The first kappa shape index (κ1) is 20.6. The lowest BCUT2D eigenvalue weighted by Gasteiger charge is -2.30.